The maximum absolute atomic E-state index is 6.40. The van der Waals surface area contributed by atoms with Gasteiger partial charge in [0.15, 0.2) is 0 Å². The molecule has 6 heteroatoms. The van der Waals surface area contributed by atoms with Crippen molar-refractivity contribution in [2.45, 2.75) is 51.7 Å². The molecule has 0 amide bonds. The van der Waals surface area contributed by atoms with E-state index in [4.69, 9.17) is 14.4 Å². The van der Waals surface area contributed by atoms with Crippen LogP contribution < -0.4 is 5.19 Å². The van der Waals surface area contributed by atoms with Crippen LogP contribution in [0.5, 0.6) is 0 Å². The zero-order chi connectivity index (χ0) is 40.6. The minimum Gasteiger partial charge on any atom is -0.501 e. The minimum atomic E-state index is -1.35. The number of hydrogen-bond donors (Lipinski definition) is 0. The van der Waals surface area contributed by atoms with Crippen LogP contribution in [0.4, 0.5) is 0 Å². The van der Waals surface area contributed by atoms with E-state index in [0.717, 1.165) is 72.6 Å². The summed E-state index contributed by atoms with van der Waals surface area (Å²) in [6.07, 6.45) is 9.03. The van der Waals surface area contributed by atoms with E-state index in [1.165, 1.54) is 48.6 Å². The Hall–Kier alpha value is -5.91. The van der Waals surface area contributed by atoms with Gasteiger partial charge in [0.05, 0.1) is 30.5 Å². The quantitative estimate of drug-likeness (QED) is 0.118. The van der Waals surface area contributed by atoms with E-state index in [2.05, 4.69) is 158 Å². The standard InChI is InChI=1S/C35H21N2O.C20H26NSi.Ir/c1-2-10-23(11-3-1)25-21-20-24-12-8-18-31(29(24)22-25)37-32-17-6-5-16-30(32)36-35(37)28-15-9-14-27-26-13-4-7-19-33(26)38-34(27)28;1-22(2,3)20-15-21-19(17-11-5-4-6-12-17)14-18(20)13-16-9-7-8-10-16;/h1-14,16-22H;4-6,11,14-16H,7-10,13H2,1-3H3;/q2*-1;. The number of hydrogen-bond acceptors (Lipinski definition) is 3. The molecule has 1 aliphatic rings. The summed E-state index contributed by atoms with van der Waals surface area (Å²) in [5, 5.41) is 6.04. The van der Waals surface area contributed by atoms with Crippen LogP contribution in [0.15, 0.2) is 168 Å². The van der Waals surface area contributed by atoms with E-state index in [9.17, 15) is 0 Å². The van der Waals surface area contributed by atoms with Crippen molar-refractivity contribution in [2.24, 2.45) is 5.92 Å². The number of para-hydroxylation sites is 3. The van der Waals surface area contributed by atoms with Gasteiger partial charge in [0.25, 0.3) is 0 Å². The van der Waals surface area contributed by atoms with E-state index in [1.54, 1.807) is 10.8 Å². The smallest absolute Gasteiger partial charge is 0.120 e. The molecule has 3 heterocycles. The molecule has 3 aromatic heterocycles. The molecule has 0 saturated heterocycles. The zero-order valence-electron chi connectivity index (χ0n) is 34.8. The average molecular weight is 986 g/mol. The second-order valence-corrected chi connectivity index (χ2v) is 22.2. The van der Waals surface area contributed by atoms with Crippen LogP contribution in [0.2, 0.25) is 19.6 Å². The molecule has 303 valence electrons. The van der Waals surface area contributed by atoms with Gasteiger partial charge in [-0.1, -0.05) is 153 Å². The van der Waals surface area contributed by atoms with Crippen molar-refractivity contribution in [3.63, 3.8) is 0 Å². The normalized spacial score (nSPS) is 13.1. The number of nitrogens with zero attached hydrogens (tertiary/aromatic N) is 3. The molecule has 4 nitrogen and oxygen atoms in total. The SMILES string of the molecule is C[Si](C)(C)c1cnc(-c2[c-]cccc2)cc1CC1CCCC1.[Ir].[c-]1ccc2c(oc3ccccc32)c1-c1nc2ccccc2n1-c1cccc2ccc(-c3ccccc3)cc12. The first kappa shape index (κ1) is 40.5. The molecule has 0 bridgehead atoms. The third kappa shape index (κ3) is 8.04. The van der Waals surface area contributed by atoms with Gasteiger partial charge in [0, 0.05) is 42.8 Å². The van der Waals surface area contributed by atoms with Crippen molar-refractivity contribution in [3.8, 4) is 39.5 Å². The molecule has 1 radical (unpaired) electrons. The molecular weight excluding hydrogens is 939 g/mol. The van der Waals surface area contributed by atoms with Crippen LogP contribution in [0.1, 0.15) is 31.2 Å². The van der Waals surface area contributed by atoms with Gasteiger partial charge >= 0.3 is 0 Å². The van der Waals surface area contributed by atoms with Gasteiger partial charge in [-0.3, -0.25) is 4.98 Å². The molecule has 0 atom stereocenters. The summed E-state index contributed by atoms with van der Waals surface area (Å²) < 4.78 is 8.66. The molecule has 11 rings (SSSR count). The number of pyridine rings is 1. The monoisotopic (exact) mass is 986 g/mol. The summed E-state index contributed by atoms with van der Waals surface area (Å²) >= 11 is 0. The Bertz CT molecular complexity index is 3120. The van der Waals surface area contributed by atoms with Gasteiger partial charge in [-0.2, -0.15) is 0 Å². The fourth-order valence-corrected chi connectivity index (χ4v) is 10.7. The van der Waals surface area contributed by atoms with Crippen molar-refractivity contribution in [1.82, 2.24) is 14.5 Å². The van der Waals surface area contributed by atoms with Crippen LogP contribution in [0, 0.1) is 18.1 Å². The fraction of sp³-hybridized carbons (Fsp3) is 0.164. The van der Waals surface area contributed by atoms with E-state index in [-0.39, 0.29) is 20.1 Å². The van der Waals surface area contributed by atoms with Crippen LogP contribution in [-0.4, -0.2) is 22.6 Å². The molecule has 0 spiro atoms. The molecule has 10 aromatic rings. The van der Waals surface area contributed by atoms with E-state index < -0.39 is 8.07 Å². The summed E-state index contributed by atoms with van der Waals surface area (Å²) in [6.45, 7) is 7.28. The number of rotatable bonds is 7. The second-order valence-electron chi connectivity index (χ2n) is 17.1. The van der Waals surface area contributed by atoms with Crippen LogP contribution in [0.25, 0.3) is 83.2 Å². The van der Waals surface area contributed by atoms with Crippen molar-refractivity contribution in [1.29, 1.82) is 0 Å². The molecule has 7 aromatic carbocycles. The zero-order valence-corrected chi connectivity index (χ0v) is 38.2. The summed E-state index contributed by atoms with van der Waals surface area (Å²) in [5.74, 6) is 1.69. The Kier molecular flexibility index (Phi) is 11.4. The Morgan fingerprint density at radius 2 is 1.48 bits per heavy atom. The molecule has 0 N–H and O–H groups in total. The van der Waals surface area contributed by atoms with E-state index in [1.807, 2.05) is 42.5 Å². The van der Waals surface area contributed by atoms with Crippen LogP contribution >= 0.6 is 0 Å². The summed E-state index contributed by atoms with van der Waals surface area (Å²) in [5.41, 5.74) is 11.7. The molecule has 61 heavy (non-hydrogen) atoms. The largest absolute Gasteiger partial charge is 0.501 e. The molecule has 1 saturated carbocycles. The first-order chi connectivity index (χ1) is 29.4. The maximum Gasteiger partial charge on any atom is 0.120 e. The van der Waals surface area contributed by atoms with Crippen molar-refractivity contribution >= 4 is 57.0 Å². The predicted octanol–water partition coefficient (Wildman–Crippen LogP) is 14.0. The topological polar surface area (TPSA) is 43.9 Å². The van der Waals surface area contributed by atoms with Gasteiger partial charge in [0.1, 0.15) is 5.58 Å². The molecule has 1 fully saturated rings. The Morgan fingerprint density at radius 3 is 2.30 bits per heavy atom. The number of benzene rings is 7. The Labute approximate surface area is 372 Å². The second kappa shape index (κ2) is 17.2. The minimum absolute atomic E-state index is 0. The van der Waals surface area contributed by atoms with Crippen molar-refractivity contribution < 1.29 is 24.5 Å². The number of imidazole rings is 1. The van der Waals surface area contributed by atoms with Gasteiger partial charge in [0.2, 0.25) is 0 Å². The van der Waals surface area contributed by atoms with Crippen molar-refractivity contribution in [2.75, 3.05) is 0 Å². The van der Waals surface area contributed by atoms with Crippen LogP contribution in [0.3, 0.4) is 0 Å². The Morgan fingerprint density at radius 1 is 0.689 bits per heavy atom. The molecule has 0 unspecified atom stereocenters. The van der Waals surface area contributed by atoms with Crippen LogP contribution in [-0.2, 0) is 26.5 Å². The molecule has 0 aliphatic heterocycles. The molecular formula is C55H47IrN3OSi-2. The Balaban J connectivity index is 0.000000177. The number of aromatic nitrogens is 3. The van der Waals surface area contributed by atoms with E-state index >= 15 is 0 Å². The van der Waals surface area contributed by atoms with E-state index in [0.29, 0.717) is 0 Å². The van der Waals surface area contributed by atoms with Crippen molar-refractivity contribution in [3.05, 3.63) is 182 Å². The third-order valence-corrected chi connectivity index (χ3v) is 14.2. The van der Waals surface area contributed by atoms with Gasteiger partial charge < -0.3 is 14.0 Å². The summed E-state index contributed by atoms with van der Waals surface area (Å²) in [4.78, 5) is 9.89. The first-order valence-electron chi connectivity index (χ1n) is 21.2. The van der Waals surface area contributed by atoms with Gasteiger partial charge in [-0.15, -0.1) is 54.1 Å². The summed E-state index contributed by atoms with van der Waals surface area (Å²) in [6, 6.07) is 61.4. The maximum atomic E-state index is 6.40. The third-order valence-electron chi connectivity index (χ3n) is 12.1. The summed E-state index contributed by atoms with van der Waals surface area (Å²) in [7, 11) is -1.35. The number of furan rings is 1. The average Bonchev–Trinajstić information content (AvgIpc) is 4.04. The predicted molar refractivity (Wildman–Crippen MR) is 253 cm³/mol. The van der Waals surface area contributed by atoms with Gasteiger partial charge in [-0.25, -0.2) is 0 Å². The fourth-order valence-electron chi connectivity index (χ4n) is 9.12. The number of fused-ring (bicyclic) bond motifs is 5. The van der Waals surface area contributed by atoms with Gasteiger partial charge in [-0.05, 0) is 70.1 Å². The first-order valence-corrected chi connectivity index (χ1v) is 24.7. The molecule has 1 aliphatic carbocycles.